The number of nitrogens with zero attached hydrogens (tertiary/aromatic N) is 1. The number of rotatable bonds is 6. The smallest absolute Gasteiger partial charge is 0.258 e. The van der Waals surface area contributed by atoms with Gasteiger partial charge in [-0.1, -0.05) is 42.5 Å². The van der Waals surface area contributed by atoms with Crippen LogP contribution in [-0.2, 0) is 15.8 Å². The second kappa shape index (κ2) is 6.67. The Morgan fingerprint density at radius 2 is 1.82 bits per heavy atom. The van der Waals surface area contributed by atoms with Crippen LogP contribution in [0.25, 0.3) is 0 Å². The Bertz CT molecular complexity index is 760. The summed E-state index contributed by atoms with van der Waals surface area (Å²) in [5.74, 6) is -0.300. The minimum atomic E-state index is -3.60. The molecule has 0 radical (unpaired) electrons. The summed E-state index contributed by atoms with van der Waals surface area (Å²) in [6.07, 6.45) is 0. The van der Waals surface area contributed by atoms with Crippen molar-refractivity contribution in [2.75, 3.05) is 0 Å². The Kier molecular flexibility index (Phi) is 4.89. The van der Waals surface area contributed by atoms with Crippen LogP contribution in [0.5, 0.6) is 0 Å². The molecule has 1 N–H and O–H groups in total. The van der Waals surface area contributed by atoms with Crippen molar-refractivity contribution >= 4 is 15.7 Å². The van der Waals surface area contributed by atoms with Gasteiger partial charge in [-0.25, -0.2) is 13.1 Å². The van der Waals surface area contributed by atoms with Crippen LogP contribution in [0.4, 0.5) is 5.69 Å². The number of nitrogens with one attached hydrogen (secondary N) is 1. The van der Waals surface area contributed by atoms with Crippen molar-refractivity contribution in [2.45, 2.75) is 18.7 Å². The van der Waals surface area contributed by atoms with Gasteiger partial charge in [-0.2, -0.15) is 0 Å². The summed E-state index contributed by atoms with van der Waals surface area (Å²) in [4.78, 5) is 10.2. The molecule has 116 valence electrons. The zero-order valence-electron chi connectivity index (χ0n) is 12.0. The van der Waals surface area contributed by atoms with E-state index in [-0.39, 0.29) is 17.5 Å². The van der Waals surface area contributed by atoms with E-state index in [1.54, 1.807) is 13.0 Å². The van der Waals surface area contributed by atoms with Crippen molar-refractivity contribution < 1.29 is 13.3 Å². The summed E-state index contributed by atoms with van der Waals surface area (Å²) >= 11 is 0. The lowest BCUT2D eigenvalue weighted by molar-refractivity contribution is -0.384. The Hall–Kier alpha value is -2.25. The molecule has 0 fully saturated rings. The van der Waals surface area contributed by atoms with Gasteiger partial charge in [-0.05, 0) is 18.1 Å². The van der Waals surface area contributed by atoms with Gasteiger partial charge in [0.25, 0.3) is 5.69 Å². The fourth-order valence-electron chi connectivity index (χ4n) is 2.10. The zero-order valence-corrected chi connectivity index (χ0v) is 12.8. The molecule has 7 heteroatoms. The molecule has 0 spiro atoms. The van der Waals surface area contributed by atoms with Crippen LogP contribution in [0.15, 0.2) is 54.6 Å². The Balaban J connectivity index is 2.11. The van der Waals surface area contributed by atoms with Gasteiger partial charge in [-0.15, -0.1) is 0 Å². The standard InChI is InChI=1S/C15H16N2O4S/c1-12(14-7-3-2-4-8-14)16-22(20,21)11-13-6-5-9-15(10-13)17(18)19/h2-10,12,16H,11H2,1H3/t12-/m0/s1. The molecular weight excluding hydrogens is 304 g/mol. The van der Waals surface area contributed by atoms with Gasteiger partial charge < -0.3 is 0 Å². The molecule has 0 saturated carbocycles. The monoisotopic (exact) mass is 320 g/mol. The van der Waals surface area contributed by atoms with Gasteiger partial charge in [0.1, 0.15) is 0 Å². The number of nitro benzene ring substituents is 1. The normalized spacial score (nSPS) is 12.8. The van der Waals surface area contributed by atoms with Crippen LogP contribution in [-0.4, -0.2) is 13.3 Å². The highest BCUT2D eigenvalue weighted by molar-refractivity contribution is 7.88. The van der Waals surface area contributed by atoms with Crippen molar-refractivity contribution in [1.82, 2.24) is 4.72 Å². The van der Waals surface area contributed by atoms with Gasteiger partial charge in [-0.3, -0.25) is 10.1 Å². The number of non-ortho nitro benzene ring substituents is 1. The molecule has 0 aliphatic heterocycles. The summed E-state index contributed by atoms with van der Waals surface area (Å²) in [5.41, 5.74) is 1.11. The van der Waals surface area contributed by atoms with Crippen molar-refractivity contribution in [1.29, 1.82) is 0 Å². The largest absolute Gasteiger partial charge is 0.269 e. The van der Waals surface area contributed by atoms with E-state index in [4.69, 9.17) is 0 Å². The van der Waals surface area contributed by atoms with E-state index in [1.807, 2.05) is 30.3 Å². The maximum absolute atomic E-state index is 12.2. The van der Waals surface area contributed by atoms with Crippen LogP contribution < -0.4 is 4.72 Å². The van der Waals surface area contributed by atoms with Crippen molar-refractivity contribution in [3.05, 3.63) is 75.8 Å². The predicted molar refractivity (Wildman–Crippen MR) is 83.7 cm³/mol. The Morgan fingerprint density at radius 3 is 2.45 bits per heavy atom. The summed E-state index contributed by atoms with van der Waals surface area (Å²) in [6.45, 7) is 1.75. The zero-order chi connectivity index (χ0) is 16.2. The molecule has 0 saturated heterocycles. The molecule has 2 aromatic carbocycles. The SMILES string of the molecule is C[C@H](NS(=O)(=O)Cc1cccc([N+](=O)[O-])c1)c1ccccc1. The summed E-state index contributed by atoms with van der Waals surface area (Å²) in [7, 11) is -3.60. The predicted octanol–water partition coefficient (Wildman–Crippen LogP) is 2.78. The first-order valence-corrected chi connectivity index (χ1v) is 8.31. The molecule has 0 heterocycles. The number of hydrogen-bond acceptors (Lipinski definition) is 4. The van der Waals surface area contributed by atoms with Gasteiger partial charge in [0.15, 0.2) is 0 Å². The number of hydrogen-bond donors (Lipinski definition) is 1. The second-order valence-electron chi connectivity index (χ2n) is 4.94. The average Bonchev–Trinajstić information content (AvgIpc) is 2.47. The van der Waals surface area contributed by atoms with E-state index in [0.717, 1.165) is 5.56 Å². The van der Waals surface area contributed by atoms with Crippen LogP contribution >= 0.6 is 0 Å². The lowest BCUT2D eigenvalue weighted by atomic mass is 10.1. The lowest BCUT2D eigenvalue weighted by Gasteiger charge is -2.14. The van der Waals surface area contributed by atoms with Crippen molar-refractivity contribution in [3.63, 3.8) is 0 Å². The molecule has 0 amide bonds. The molecule has 0 bridgehead atoms. The van der Waals surface area contributed by atoms with E-state index in [1.165, 1.54) is 18.2 Å². The average molecular weight is 320 g/mol. The maximum atomic E-state index is 12.2. The van der Waals surface area contributed by atoms with Gasteiger partial charge >= 0.3 is 0 Å². The molecular formula is C15H16N2O4S. The Labute approximate surface area is 129 Å². The fraction of sp³-hybridized carbons (Fsp3) is 0.200. The minimum Gasteiger partial charge on any atom is -0.258 e. The van der Waals surface area contributed by atoms with Gasteiger partial charge in [0.2, 0.25) is 10.0 Å². The lowest BCUT2D eigenvalue weighted by Crippen LogP contribution is -2.28. The van der Waals surface area contributed by atoms with Crippen LogP contribution in [0, 0.1) is 10.1 Å². The minimum absolute atomic E-state index is 0.121. The first-order valence-electron chi connectivity index (χ1n) is 6.66. The number of nitro groups is 1. The summed E-state index contributed by atoms with van der Waals surface area (Å²) in [5, 5.41) is 10.7. The third kappa shape index (κ3) is 4.37. The second-order valence-corrected chi connectivity index (χ2v) is 6.69. The molecule has 1 atom stereocenters. The van der Waals surface area contributed by atoms with E-state index in [0.29, 0.717) is 5.56 Å². The van der Waals surface area contributed by atoms with Gasteiger partial charge in [0, 0.05) is 18.2 Å². The summed E-state index contributed by atoms with van der Waals surface area (Å²) < 4.78 is 26.9. The number of benzene rings is 2. The van der Waals surface area contributed by atoms with Gasteiger partial charge in [0.05, 0.1) is 10.7 Å². The first-order chi connectivity index (χ1) is 10.4. The fourth-order valence-corrected chi connectivity index (χ4v) is 3.48. The van der Waals surface area contributed by atoms with E-state index < -0.39 is 14.9 Å². The highest BCUT2D eigenvalue weighted by Crippen LogP contribution is 2.17. The molecule has 0 aromatic heterocycles. The maximum Gasteiger partial charge on any atom is 0.269 e. The molecule has 2 aromatic rings. The third-order valence-electron chi connectivity index (χ3n) is 3.13. The molecule has 0 aliphatic carbocycles. The quantitative estimate of drug-likeness (QED) is 0.654. The van der Waals surface area contributed by atoms with Crippen molar-refractivity contribution in [2.24, 2.45) is 0 Å². The first kappa shape index (κ1) is 16.1. The molecule has 6 nitrogen and oxygen atoms in total. The van der Waals surface area contributed by atoms with E-state index >= 15 is 0 Å². The van der Waals surface area contributed by atoms with Crippen LogP contribution in [0.2, 0.25) is 0 Å². The molecule has 2 rings (SSSR count). The molecule has 0 unspecified atom stereocenters. The van der Waals surface area contributed by atoms with Crippen LogP contribution in [0.3, 0.4) is 0 Å². The third-order valence-corrected chi connectivity index (χ3v) is 4.56. The highest BCUT2D eigenvalue weighted by atomic mass is 32.2. The highest BCUT2D eigenvalue weighted by Gasteiger charge is 2.17. The topological polar surface area (TPSA) is 89.3 Å². The molecule has 0 aliphatic rings. The van der Waals surface area contributed by atoms with Crippen molar-refractivity contribution in [3.8, 4) is 0 Å². The van der Waals surface area contributed by atoms with Crippen LogP contribution in [0.1, 0.15) is 24.1 Å². The van der Waals surface area contributed by atoms with E-state index in [9.17, 15) is 18.5 Å². The molecule has 22 heavy (non-hydrogen) atoms. The summed E-state index contributed by atoms with van der Waals surface area (Å²) in [6, 6.07) is 14.5. The number of sulfonamides is 1. The Morgan fingerprint density at radius 1 is 1.14 bits per heavy atom. The van der Waals surface area contributed by atoms with E-state index in [2.05, 4.69) is 4.72 Å².